The van der Waals surface area contributed by atoms with Crippen LogP contribution in [0.3, 0.4) is 0 Å². The first-order valence-corrected chi connectivity index (χ1v) is 9.36. The monoisotopic (exact) mass is 376 g/mol. The molecule has 0 radical (unpaired) electrons. The van der Waals surface area contributed by atoms with E-state index >= 15 is 0 Å². The standard InChI is InChI=1S/C18H18F2N4OS/c1-2-4-21-18-23-13-3-5-24(9-16(13)26-18)17(25)15-8-11-12(20)6-10(19)7-14(11)22-15/h6-8,22H,2-5,9H2,1H3,(H,21,23). The van der Waals surface area contributed by atoms with Gasteiger partial charge in [0, 0.05) is 35.8 Å². The summed E-state index contributed by atoms with van der Waals surface area (Å²) in [5, 5.41) is 4.38. The van der Waals surface area contributed by atoms with Crippen molar-refractivity contribution < 1.29 is 13.6 Å². The quantitative estimate of drug-likeness (QED) is 0.725. The number of carbonyl (C=O) groups is 1. The summed E-state index contributed by atoms with van der Waals surface area (Å²) < 4.78 is 27.2. The molecule has 0 aliphatic carbocycles. The molecule has 1 aromatic carbocycles. The second-order valence-electron chi connectivity index (χ2n) is 6.32. The number of hydrogen-bond acceptors (Lipinski definition) is 4. The predicted octanol–water partition coefficient (Wildman–Crippen LogP) is 3.92. The molecule has 1 aliphatic rings. The van der Waals surface area contributed by atoms with Gasteiger partial charge in [-0.05, 0) is 18.6 Å². The van der Waals surface area contributed by atoms with E-state index in [1.165, 1.54) is 12.1 Å². The minimum Gasteiger partial charge on any atom is -0.362 e. The number of hydrogen-bond donors (Lipinski definition) is 2. The summed E-state index contributed by atoms with van der Waals surface area (Å²) in [6, 6.07) is 3.46. The number of benzene rings is 1. The number of carbonyl (C=O) groups excluding carboxylic acids is 1. The Bertz CT molecular complexity index is 981. The number of anilines is 1. The van der Waals surface area contributed by atoms with E-state index in [1.807, 2.05) is 0 Å². The first-order chi connectivity index (χ1) is 12.5. The van der Waals surface area contributed by atoms with Crippen LogP contribution in [0.25, 0.3) is 10.9 Å². The van der Waals surface area contributed by atoms with Crippen LogP contribution in [0.5, 0.6) is 0 Å². The molecule has 4 rings (SSSR count). The van der Waals surface area contributed by atoms with Crippen LogP contribution < -0.4 is 5.32 Å². The molecule has 3 aromatic rings. The number of halogens is 2. The summed E-state index contributed by atoms with van der Waals surface area (Å²) in [5.41, 5.74) is 1.58. The lowest BCUT2D eigenvalue weighted by molar-refractivity contribution is 0.0731. The molecule has 26 heavy (non-hydrogen) atoms. The van der Waals surface area contributed by atoms with Crippen molar-refractivity contribution in [2.24, 2.45) is 0 Å². The van der Waals surface area contributed by atoms with Gasteiger partial charge < -0.3 is 15.2 Å². The fourth-order valence-electron chi connectivity index (χ4n) is 3.12. The third-order valence-corrected chi connectivity index (χ3v) is 5.47. The number of amides is 1. The normalized spacial score (nSPS) is 13.9. The van der Waals surface area contributed by atoms with Crippen molar-refractivity contribution in [3.05, 3.63) is 46.1 Å². The van der Waals surface area contributed by atoms with Gasteiger partial charge in [0.05, 0.1) is 17.8 Å². The minimum absolute atomic E-state index is 0.219. The smallest absolute Gasteiger partial charge is 0.270 e. The van der Waals surface area contributed by atoms with Crippen molar-refractivity contribution in [1.29, 1.82) is 0 Å². The maximum Gasteiger partial charge on any atom is 0.270 e. The second-order valence-corrected chi connectivity index (χ2v) is 7.41. The summed E-state index contributed by atoms with van der Waals surface area (Å²) in [4.78, 5) is 23.0. The van der Waals surface area contributed by atoms with Gasteiger partial charge in [0.1, 0.15) is 17.3 Å². The van der Waals surface area contributed by atoms with Gasteiger partial charge in [0.25, 0.3) is 5.91 Å². The molecule has 5 nitrogen and oxygen atoms in total. The average molecular weight is 376 g/mol. The lowest BCUT2D eigenvalue weighted by Crippen LogP contribution is -2.35. The van der Waals surface area contributed by atoms with E-state index in [-0.39, 0.29) is 22.5 Å². The number of nitrogens with zero attached hydrogens (tertiary/aromatic N) is 2. The van der Waals surface area contributed by atoms with Gasteiger partial charge in [-0.3, -0.25) is 4.79 Å². The van der Waals surface area contributed by atoms with Crippen molar-refractivity contribution in [3.63, 3.8) is 0 Å². The number of H-pyrrole nitrogens is 1. The van der Waals surface area contributed by atoms with Crippen LogP contribution in [0.15, 0.2) is 18.2 Å². The predicted molar refractivity (Wildman–Crippen MR) is 97.6 cm³/mol. The molecule has 2 N–H and O–H groups in total. The largest absolute Gasteiger partial charge is 0.362 e. The van der Waals surface area contributed by atoms with Gasteiger partial charge in [0.2, 0.25) is 0 Å². The van der Waals surface area contributed by atoms with Crippen molar-refractivity contribution in [3.8, 4) is 0 Å². The van der Waals surface area contributed by atoms with E-state index in [0.717, 1.165) is 34.7 Å². The van der Waals surface area contributed by atoms with E-state index in [1.54, 1.807) is 16.2 Å². The van der Waals surface area contributed by atoms with Crippen molar-refractivity contribution >= 4 is 33.3 Å². The number of fused-ring (bicyclic) bond motifs is 2. The molecule has 3 heterocycles. The molecular weight excluding hydrogens is 358 g/mol. The minimum atomic E-state index is -0.676. The van der Waals surface area contributed by atoms with Gasteiger partial charge in [-0.2, -0.15) is 0 Å². The first kappa shape index (κ1) is 17.0. The summed E-state index contributed by atoms with van der Waals surface area (Å²) >= 11 is 1.57. The van der Waals surface area contributed by atoms with E-state index in [4.69, 9.17) is 0 Å². The second kappa shape index (κ2) is 6.68. The Morgan fingerprint density at radius 3 is 3.04 bits per heavy atom. The molecule has 0 unspecified atom stereocenters. The topological polar surface area (TPSA) is 61.0 Å². The van der Waals surface area contributed by atoms with Crippen molar-refractivity contribution in [2.45, 2.75) is 26.3 Å². The molecule has 8 heteroatoms. The van der Waals surface area contributed by atoms with Gasteiger partial charge in [-0.25, -0.2) is 13.8 Å². The average Bonchev–Trinajstić information content (AvgIpc) is 3.22. The zero-order chi connectivity index (χ0) is 18.3. The van der Waals surface area contributed by atoms with Gasteiger partial charge >= 0.3 is 0 Å². The van der Waals surface area contributed by atoms with Crippen LogP contribution in [-0.2, 0) is 13.0 Å². The lowest BCUT2D eigenvalue weighted by Gasteiger charge is -2.25. The summed E-state index contributed by atoms with van der Waals surface area (Å²) in [6.07, 6.45) is 1.71. The molecule has 0 saturated carbocycles. The number of thiazole rings is 1. The molecule has 0 bridgehead atoms. The molecule has 1 amide bonds. The van der Waals surface area contributed by atoms with E-state index in [2.05, 4.69) is 22.2 Å². The zero-order valence-electron chi connectivity index (χ0n) is 14.2. The highest BCUT2D eigenvalue weighted by Gasteiger charge is 2.26. The zero-order valence-corrected chi connectivity index (χ0v) is 15.1. The molecule has 0 atom stereocenters. The molecular formula is C18H18F2N4OS. The SMILES string of the molecule is CCCNc1nc2c(s1)CN(C(=O)c1cc3c(F)cc(F)cc3[nH]1)CC2. The molecule has 0 saturated heterocycles. The van der Waals surface area contributed by atoms with Crippen LogP contribution >= 0.6 is 11.3 Å². The molecule has 136 valence electrons. The summed E-state index contributed by atoms with van der Waals surface area (Å²) in [6.45, 7) is 3.99. The molecule has 0 spiro atoms. The molecule has 1 aliphatic heterocycles. The number of nitrogens with one attached hydrogen (secondary N) is 2. The number of aromatic nitrogens is 2. The van der Waals surface area contributed by atoms with Crippen molar-refractivity contribution in [2.75, 3.05) is 18.4 Å². The van der Waals surface area contributed by atoms with Crippen LogP contribution in [-0.4, -0.2) is 33.9 Å². The Morgan fingerprint density at radius 1 is 1.38 bits per heavy atom. The number of rotatable bonds is 4. The van der Waals surface area contributed by atoms with Gasteiger partial charge in [-0.15, -0.1) is 0 Å². The van der Waals surface area contributed by atoms with Gasteiger partial charge in [-0.1, -0.05) is 18.3 Å². The van der Waals surface area contributed by atoms with Crippen LogP contribution in [0.4, 0.5) is 13.9 Å². The fraction of sp³-hybridized carbons (Fsp3) is 0.333. The highest BCUT2D eigenvalue weighted by Crippen LogP contribution is 2.29. The summed E-state index contributed by atoms with van der Waals surface area (Å²) in [5.74, 6) is -1.57. The Morgan fingerprint density at radius 2 is 2.23 bits per heavy atom. The third kappa shape index (κ3) is 3.05. The van der Waals surface area contributed by atoms with Crippen LogP contribution in [0.1, 0.15) is 34.4 Å². The Hall–Kier alpha value is -2.48. The van der Waals surface area contributed by atoms with Crippen LogP contribution in [0, 0.1) is 11.6 Å². The maximum atomic E-state index is 13.9. The van der Waals surface area contributed by atoms with E-state index in [9.17, 15) is 13.6 Å². The fourth-order valence-corrected chi connectivity index (χ4v) is 4.17. The Labute approximate surface area is 153 Å². The van der Waals surface area contributed by atoms with Crippen LogP contribution in [0.2, 0.25) is 0 Å². The Balaban J connectivity index is 1.56. The van der Waals surface area contributed by atoms with Crippen molar-refractivity contribution in [1.82, 2.24) is 14.9 Å². The third-order valence-electron chi connectivity index (χ3n) is 4.43. The number of aromatic amines is 1. The highest BCUT2D eigenvalue weighted by molar-refractivity contribution is 7.15. The lowest BCUT2D eigenvalue weighted by atomic mass is 10.1. The van der Waals surface area contributed by atoms with Gasteiger partial charge in [0.15, 0.2) is 5.13 Å². The van der Waals surface area contributed by atoms with E-state index < -0.39 is 11.6 Å². The Kier molecular flexibility index (Phi) is 4.36. The highest BCUT2D eigenvalue weighted by atomic mass is 32.1. The maximum absolute atomic E-state index is 13.9. The molecule has 2 aromatic heterocycles. The first-order valence-electron chi connectivity index (χ1n) is 8.54. The van der Waals surface area contributed by atoms with E-state index in [0.29, 0.717) is 19.5 Å². The summed E-state index contributed by atoms with van der Waals surface area (Å²) in [7, 11) is 0. The molecule has 0 fully saturated rings.